The number of allylic oxidation sites excluding steroid dienone is 1. The van der Waals surface area contributed by atoms with Crippen molar-refractivity contribution in [3.8, 4) is 12.8 Å². The second-order valence-electron chi connectivity index (χ2n) is 5.70. The van der Waals surface area contributed by atoms with E-state index in [2.05, 4.69) is 61.2 Å². The van der Waals surface area contributed by atoms with E-state index in [0.717, 1.165) is 34.2 Å². The molecule has 0 fully saturated rings. The van der Waals surface area contributed by atoms with Crippen LogP contribution in [0.4, 0.5) is 5.82 Å². The van der Waals surface area contributed by atoms with Gasteiger partial charge in [0.2, 0.25) is 0 Å². The third-order valence-corrected chi connectivity index (χ3v) is 4.30. The second-order valence-corrected chi connectivity index (χ2v) is 6.68. The highest BCUT2D eigenvalue weighted by Gasteiger charge is 2.24. The molecule has 1 aliphatic rings. The van der Waals surface area contributed by atoms with Gasteiger partial charge in [-0.3, -0.25) is 0 Å². The highest BCUT2D eigenvalue weighted by atomic mass is 32.1. The van der Waals surface area contributed by atoms with Crippen LogP contribution in [0.15, 0.2) is 17.0 Å². The molecule has 0 saturated carbocycles. The first-order valence-electron chi connectivity index (χ1n) is 9.69. The molecule has 28 heavy (non-hydrogen) atoms. The topological polar surface area (TPSA) is 76.7 Å². The molecule has 3 rings (SSSR count). The lowest BCUT2D eigenvalue weighted by Gasteiger charge is -2.10. The van der Waals surface area contributed by atoms with Gasteiger partial charge in [-0.15, -0.1) is 24.2 Å². The molecule has 7 heteroatoms. The number of terminal acetylenes is 1. The van der Waals surface area contributed by atoms with E-state index in [1.807, 2.05) is 32.3 Å². The van der Waals surface area contributed by atoms with Gasteiger partial charge >= 0.3 is 0 Å². The van der Waals surface area contributed by atoms with Crippen LogP contribution in [0.3, 0.4) is 0 Å². The van der Waals surface area contributed by atoms with Crippen molar-refractivity contribution < 1.29 is 0 Å². The number of hydrogen-bond acceptors (Lipinski definition) is 6. The number of anilines is 1. The van der Waals surface area contributed by atoms with Crippen LogP contribution in [0, 0.1) is 19.8 Å². The number of nitrogens with zero attached hydrogens (tertiary/aromatic N) is 3. The zero-order valence-corrected chi connectivity index (χ0v) is 18.9. The fourth-order valence-electron chi connectivity index (χ4n) is 2.49. The van der Waals surface area contributed by atoms with E-state index in [4.69, 9.17) is 5.73 Å². The van der Waals surface area contributed by atoms with E-state index < -0.39 is 0 Å². The van der Waals surface area contributed by atoms with Crippen LogP contribution < -0.4 is 16.5 Å². The maximum Gasteiger partial charge on any atom is 0.194 e. The van der Waals surface area contributed by atoms with Crippen LogP contribution in [-0.4, -0.2) is 28.8 Å². The fraction of sp³-hybridized carbons (Fsp3) is 0.476. The molecule has 0 aliphatic carbocycles. The van der Waals surface area contributed by atoms with Crippen LogP contribution in [0.2, 0.25) is 0 Å². The lowest BCUT2D eigenvalue weighted by atomic mass is 9.65. The summed E-state index contributed by atoms with van der Waals surface area (Å²) in [5.41, 5.74) is 10.2. The molecule has 0 bridgehead atoms. The van der Waals surface area contributed by atoms with Gasteiger partial charge in [-0.25, -0.2) is 15.0 Å². The van der Waals surface area contributed by atoms with E-state index in [1.165, 1.54) is 17.5 Å². The van der Waals surface area contributed by atoms with Crippen molar-refractivity contribution in [3.05, 3.63) is 33.6 Å². The van der Waals surface area contributed by atoms with Crippen molar-refractivity contribution in [1.82, 2.24) is 15.0 Å². The molecule has 151 valence electrons. The Morgan fingerprint density at radius 3 is 2.36 bits per heavy atom. The Hall–Kier alpha value is -2.17. The predicted molar refractivity (Wildman–Crippen MR) is 125 cm³/mol. The SMILES string of the molecule is C#C.CC.CC1=C(CCN)[B]c2c(NCc3nccs3)nc(C)nc21.CCC. The zero-order chi connectivity index (χ0) is 21.5. The smallest absolute Gasteiger partial charge is 0.194 e. The normalized spacial score (nSPS) is 10.9. The van der Waals surface area contributed by atoms with E-state index >= 15 is 0 Å². The van der Waals surface area contributed by atoms with Crippen LogP contribution in [0.1, 0.15) is 64.0 Å². The summed E-state index contributed by atoms with van der Waals surface area (Å²) in [6.07, 6.45) is 11.9. The zero-order valence-electron chi connectivity index (χ0n) is 18.0. The number of rotatable bonds is 5. The summed E-state index contributed by atoms with van der Waals surface area (Å²) in [4.78, 5) is 13.4. The molecule has 0 spiro atoms. The average molecular weight is 398 g/mol. The van der Waals surface area contributed by atoms with E-state index in [0.29, 0.717) is 13.1 Å². The predicted octanol–water partition coefficient (Wildman–Crippen LogP) is 3.97. The Labute approximate surface area is 175 Å². The minimum absolute atomic E-state index is 0.644. The number of hydrogen-bond donors (Lipinski definition) is 2. The van der Waals surface area contributed by atoms with E-state index in [1.54, 1.807) is 11.3 Å². The van der Waals surface area contributed by atoms with Gasteiger partial charge < -0.3 is 11.1 Å². The van der Waals surface area contributed by atoms with Gasteiger partial charge in [0, 0.05) is 11.6 Å². The summed E-state index contributed by atoms with van der Waals surface area (Å²) in [5.74, 6) is 1.65. The molecule has 0 saturated heterocycles. The summed E-state index contributed by atoms with van der Waals surface area (Å²) < 4.78 is 0. The molecule has 1 radical (unpaired) electrons. The Kier molecular flexibility index (Phi) is 13.7. The molecule has 0 unspecified atom stereocenters. The molecule has 0 aromatic carbocycles. The van der Waals surface area contributed by atoms with Gasteiger partial charge in [0.15, 0.2) is 7.28 Å². The number of thiazole rings is 1. The van der Waals surface area contributed by atoms with Crippen LogP contribution in [-0.2, 0) is 6.54 Å². The van der Waals surface area contributed by atoms with Gasteiger partial charge in [0.05, 0.1) is 12.2 Å². The molecule has 5 nitrogen and oxygen atoms in total. The highest BCUT2D eigenvalue weighted by Crippen LogP contribution is 2.25. The van der Waals surface area contributed by atoms with Crippen LogP contribution in [0.5, 0.6) is 0 Å². The molecule has 0 atom stereocenters. The maximum absolute atomic E-state index is 5.68. The number of nitrogens with two attached hydrogens (primary N) is 1. The molecule has 3 heterocycles. The van der Waals surface area contributed by atoms with Gasteiger partial charge in [0.1, 0.15) is 16.6 Å². The van der Waals surface area contributed by atoms with Crippen molar-refractivity contribution in [2.24, 2.45) is 5.73 Å². The summed E-state index contributed by atoms with van der Waals surface area (Å²) in [5, 5.41) is 6.40. The molecular weight excluding hydrogens is 365 g/mol. The third-order valence-electron chi connectivity index (χ3n) is 3.52. The van der Waals surface area contributed by atoms with Crippen LogP contribution >= 0.6 is 11.3 Å². The quantitative estimate of drug-likeness (QED) is 0.589. The molecule has 2 aromatic rings. The molecule has 0 amide bonds. The average Bonchev–Trinajstić information content (AvgIpc) is 3.34. The molecular formula is C21H33BN5S. The Morgan fingerprint density at radius 1 is 1.18 bits per heavy atom. The number of fused-ring (bicyclic) bond motifs is 1. The van der Waals surface area contributed by atoms with Crippen molar-refractivity contribution >= 4 is 35.5 Å². The standard InChI is InChI=1S/C14H17BN5S.C3H8.C2H6.C2H2/c1-8-10(3-4-16)15-12-13(8)19-9(2)20-14(12)18-7-11-17-5-6-21-11;1-3-2;2*1-2/h5-6H,3-4,7,16H2,1-2H3,(H,18,19,20);3H2,1-2H3;1-2H3;1-2H. The van der Waals surface area contributed by atoms with Gasteiger partial charge in [0.25, 0.3) is 0 Å². The first-order valence-corrected chi connectivity index (χ1v) is 10.6. The minimum atomic E-state index is 0.644. The van der Waals surface area contributed by atoms with Gasteiger partial charge in [-0.1, -0.05) is 39.6 Å². The van der Waals surface area contributed by atoms with E-state index in [9.17, 15) is 0 Å². The largest absolute Gasteiger partial charge is 0.364 e. The minimum Gasteiger partial charge on any atom is -0.364 e. The molecule has 1 aliphatic heterocycles. The van der Waals surface area contributed by atoms with Crippen molar-refractivity contribution in [2.45, 2.75) is 60.9 Å². The Morgan fingerprint density at radius 2 is 1.82 bits per heavy atom. The van der Waals surface area contributed by atoms with Crippen molar-refractivity contribution in [3.63, 3.8) is 0 Å². The van der Waals surface area contributed by atoms with Crippen LogP contribution in [0.25, 0.3) is 5.57 Å². The second kappa shape index (κ2) is 14.8. The lowest BCUT2D eigenvalue weighted by molar-refractivity contribution is 0.991. The number of aromatic nitrogens is 3. The monoisotopic (exact) mass is 398 g/mol. The first-order chi connectivity index (χ1) is 13.6. The maximum atomic E-state index is 5.68. The van der Waals surface area contributed by atoms with Crippen molar-refractivity contribution in [2.75, 3.05) is 11.9 Å². The number of nitrogens with one attached hydrogen (secondary N) is 1. The Balaban J connectivity index is 0.000000930. The summed E-state index contributed by atoms with van der Waals surface area (Å²) in [6, 6.07) is 0. The number of aryl methyl sites for hydroxylation is 1. The van der Waals surface area contributed by atoms with Gasteiger partial charge in [-0.05, 0) is 37.8 Å². The fourth-order valence-corrected chi connectivity index (χ4v) is 3.04. The summed E-state index contributed by atoms with van der Waals surface area (Å²) >= 11 is 1.63. The molecule has 2 aromatic heterocycles. The first kappa shape index (κ1) is 25.8. The highest BCUT2D eigenvalue weighted by molar-refractivity contribution is 7.09. The van der Waals surface area contributed by atoms with Gasteiger partial charge in [-0.2, -0.15) is 0 Å². The Bertz CT molecular complexity index is 739. The molecule has 3 N–H and O–H groups in total. The van der Waals surface area contributed by atoms with E-state index in [-0.39, 0.29) is 0 Å². The van der Waals surface area contributed by atoms with Crippen molar-refractivity contribution in [1.29, 1.82) is 0 Å². The summed E-state index contributed by atoms with van der Waals surface area (Å²) in [6.45, 7) is 13.6. The lowest BCUT2D eigenvalue weighted by Crippen LogP contribution is -2.24. The third kappa shape index (κ3) is 7.45. The summed E-state index contributed by atoms with van der Waals surface area (Å²) in [7, 11) is 2.15.